The van der Waals surface area contributed by atoms with Crippen LogP contribution in [-0.2, 0) is 102 Å². The molecule has 0 aromatic rings. The van der Waals surface area contributed by atoms with Gasteiger partial charge in [0.05, 0.1) is 0 Å². The van der Waals surface area contributed by atoms with Gasteiger partial charge in [0.15, 0.2) is 0 Å². The van der Waals surface area contributed by atoms with E-state index < -0.39 is 0 Å². The second-order valence-corrected chi connectivity index (χ2v) is 23.5. The standard InChI is InChI=1S/2C13H28N2.2C11H24N2.C9H20N2.C7H16N2.6Cu/c1-9-11(15-13(6,7)8)10(2)14-12(3,4)5;1-7-10(4)14-12(6)13(9-3)15-11(5)8-2;1-7-11(13-9(4)5)10(6)12-8(2)3;1-5-8-12-10(4)11(7-3)13-9-6-2;1-5-9(11-7-3)8(4)10-6-2;1-5-7(9-4)6(2)8-3;;;;;;/h10-11H,9H2,1-8H3;10-13H,7-9H2,1-6H3;8-11H,7H2,1-6H3;10-11H,5-9H2,1-4H3;8-9H,5-7H2,1-4H3;6-7H,5H2,1-4H3;;;;;;/q6*-2;6*+2. The molecule has 0 heterocycles. The molecule has 522 valence electrons. The summed E-state index contributed by atoms with van der Waals surface area (Å²) in [5, 5.41) is 54.8. The van der Waals surface area contributed by atoms with Gasteiger partial charge in [-0.1, -0.05) is 272 Å². The molecule has 0 saturated heterocycles. The van der Waals surface area contributed by atoms with Crippen LogP contribution in [0.25, 0.3) is 63.8 Å². The summed E-state index contributed by atoms with van der Waals surface area (Å²) in [5.41, 5.74) is 0.0859. The van der Waals surface area contributed by atoms with Crippen molar-refractivity contribution < 1.29 is 102 Å². The quantitative estimate of drug-likeness (QED) is 0.0545. The molecule has 0 aliphatic rings. The fourth-order valence-corrected chi connectivity index (χ4v) is 8.42. The fraction of sp³-hybridized carbons (Fsp3) is 1.00. The summed E-state index contributed by atoms with van der Waals surface area (Å²) >= 11 is 0. The van der Waals surface area contributed by atoms with Crippen LogP contribution in [0.2, 0.25) is 0 Å². The second kappa shape index (κ2) is 72.7. The molecule has 0 aliphatic heterocycles. The molecule has 0 aromatic carbocycles. The van der Waals surface area contributed by atoms with Gasteiger partial charge in [0, 0.05) is 0 Å². The maximum Gasteiger partial charge on any atom is 2.00 e. The van der Waals surface area contributed by atoms with Gasteiger partial charge in [0.2, 0.25) is 0 Å². The Morgan fingerprint density at radius 1 is 0.280 bits per heavy atom. The molecule has 0 rings (SSSR count). The maximum absolute atomic E-state index is 4.82. The van der Waals surface area contributed by atoms with E-state index in [1.807, 2.05) is 14.1 Å². The Labute approximate surface area is 581 Å². The molecule has 14 atom stereocenters. The first-order valence-corrected chi connectivity index (χ1v) is 31.4. The Hall–Kier alpha value is 2.64. The van der Waals surface area contributed by atoms with Crippen LogP contribution in [0.15, 0.2) is 0 Å². The van der Waals surface area contributed by atoms with Gasteiger partial charge >= 0.3 is 102 Å². The topological polar surface area (TPSA) is 169 Å². The fourth-order valence-electron chi connectivity index (χ4n) is 8.42. The minimum absolute atomic E-state index is 0. The van der Waals surface area contributed by atoms with E-state index in [1.54, 1.807) is 0 Å². The van der Waals surface area contributed by atoms with Crippen molar-refractivity contribution in [1.82, 2.24) is 0 Å². The van der Waals surface area contributed by atoms with Crippen molar-refractivity contribution in [3.8, 4) is 0 Å². The predicted octanol–water partition coefficient (Wildman–Crippen LogP) is 21.5. The average molecular weight is 1460 g/mol. The normalized spacial score (nSPS) is 16.0. The van der Waals surface area contributed by atoms with Crippen molar-refractivity contribution in [3.63, 3.8) is 0 Å². The van der Waals surface area contributed by atoms with E-state index in [0.717, 1.165) is 90.4 Å². The Morgan fingerprint density at radius 3 is 0.927 bits per heavy atom. The van der Waals surface area contributed by atoms with Gasteiger partial charge in [-0.2, -0.15) is 99.7 Å². The second-order valence-electron chi connectivity index (χ2n) is 23.5. The van der Waals surface area contributed by atoms with Gasteiger partial charge in [-0.25, -0.2) is 0 Å². The summed E-state index contributed by atoms with van der Waals surface area (Å²) in [6, 6.07) is 6.55. The van der Waals surface area contributed by atoms with Crippen molar-refractivity contribution in [3.05, 3.63) is 63.8 Å². The monoisotopic (exact) mass is 1450 g/mol. The number of hydrogen-bond acceptors (Lipinski definition) is 0. The van der Waals surface area contributed by atoms with Gasteiger partial charge < -0.3 is 63.8 Å². The van der Waals surface area contributed by atoms with Crippen LogP contribution in [0, 0.1) is 0 Å². The Kier molecular flexibility index (Phi) is 99.5. The zero-order valence-corrected chi connectivity index (χ0v) is 65.0. The van der Waals surface area contributed by atoms with Crippen LogP contribution >= 0.6 is 0 Å². The smallest absolute Gasteiger partial charge is 0.664 e. The first kappa shape index (κ1) is 112. The number of likely N-dealkylation sites (N-methyl/N-ethyl adjacent to an activating group) is 4. The van der Waals surface area contributed by atoms with Gasteiger partial charge in [-0.15, -0.1) is 48.3 Å². The van der Waals surface area contributed by atoms with Crippen LogP contribution in [-0.4, -0.2) is 148 Å². The van der Waals surface area contributed by atoms with E-state index in [-0.39, 0.29) is 113 Å². The van der Waals surface area contributed by atoms with Gasteiger partial charge in [0.1, 0.15) is 0 Å². The molecule has 6 radical (unpaired) electrons. The molecule has 0 aromatic heterocycles. The van der Waals surface area contributed by atoms with Crippen molar-refractivity contribution in [2.75, 3.05) is 40.3 Å². The molecule has 18 heteroatoms. The molecule has 0 spiro atoms. The van der Waals surface area contributed by atoms with Crippen LogP contribution in [0.1, 0.15) is 272 Å². The Balaban J connectivity index is -0.0000000711. The minimum atomic E-state index is 0. The number of rotatable bonds is 36. The summed E-state index contributed by atoms with van der Waals surface area (Å²) in [4.78, 5) is 0. The third-order valence-corrected chi connectivity index (χ3v) is 13.0. The van der Waals surface area contributed by atoms with Crippen LogP contribution in [0.5, 0.6) is 0 Å². The SMILES string of the molecule is CCC(C)[N-]C(C)C(CC)[N-]C(C)CC.CCC([N-]C(C)(C)C)C(C)[N-]C(C)(C)C.CCC([N-]C(C)C)C(C)[N-]C(C)C.CCC([N-]C)C(C)[N-]C.CCC[N-]C(C)C(CC)[N-]CCC.CC[N-]C(C)C(CC)[N-]CC.[Cu+2].[Cu+2].[Cu+2].[Cu+2].[Cu+2].[Cu+2]. The van der Waals surface area contributed by atoms with Crippen LogP contribution < -0.4 is 0 Å². The molecule has 14 unspecified atom stereocenters. The summed E-state index contributed by atoms with van der Waals surface area (Å²) < 4.78 is 0. The Bertz CT molecular complexity index is 1160. The van der Waals surface area contributed by atoms with Crippen molar-refractivity contribution in [2.45, 2.75) is 380 Å². The van der Waals surface area contributed by atoms with E-state index in [0.29, 0.717) is 96.7 Å². The molecule has 0 aliphatic carbocycles. The largest absolute Gasteiger partial charge is 2.00 e. The number of hydrogen-bond donors (Lipinski definition) is 0. The van der Waals surface area contributed by atoms with Crippen LogP contribution in [0.3, 0.4) is 0 Å². The van der Waals surface area contributed by atoms with Gasteiger partial charge in [-0.3, -0.25) is 0 Å². The average Bonchev–Trinajstić information content (AvgIpc) is 3.35. The summed E-state index contributed by atoms with van der Waals surface area (Å²) in [6.07, 6.45) is 11.1. The first-order chi connectivity index (χ1) is 35.3. The maximum atomic E-state index is 4.82. The molecular formula is C64H140Cu6N12. The van der Waals surface area contributed by atoms with E-state index in [2.05, 4.69) is 250 Å². The molecule has 0 N–H and O–H groups in total. The van der Waals surface area contributed by atoms with Gasteiger partial charge in [-0.05, 0) is 0 Å². The van der Waals surface area contributed by atoms with E-state index in [4.69, 9.17) is 21.3 Å². The molecular weight excluding hydrogens is 1320 g/mol. The summed E-state index contributed by atoms with van der Waals surface area (Å²) in [6.45, 7) is 68.5. The molecule has 0 bridgehead atoms. The number of nitrogens with zero attached hydrogens (tertiary/aromatic N) is 12. The van der Waals surface area contributed by atoms with Gasteiger partial charge in [0.25, 0.3) is 0 Å². The molecule has 82 heavy (non-hydrogen) atoms. The zero-order chi connectivity index (χ0) is 60.6. The van der Waals surface area contributed by atoms with Crippen LogP contribution in [0.4, 0.5) is 0 Å². The van der Waals surface area contributed by atoms with E-state index >= 15 is 0 Å². The molecule has 0 amide bonds. The molecule has 12 nitrogen and oxygen atoms in total. The van der Waals surface area contributed by atoms with Crippen molar-refractivity contribution in [1.29, 1.82) is 0 Å². The third-order valence-electron chi connectivity index (χ3n) is 13.0. The summed E-state index contributed by atoms with van der Waals surface area (Å²) in [7, 11) is 3.70. The summed E-state index contributed by atoms with van der Waals surface area (Å²) in [5.74, 6) is 0. The van der Waals surface area contributed by atoms with E-state index in [1.165, 1.54) is 0 Å². The Morgan fingerprint density at radius 2 is 0.622 bits per heavy atom. The minimum Gasteiger partial charge on any atom is -0.664 e. The van der Waals surface area contributed by atoms with Crippen molar-refractivity contribution in [2.24, 2.45) is 0 Å². The van der Waals surface area contributed by atoms with E-state index in [9.17, 15) is 0 Å². The molecule has 0 saturated carbocycles. The third kappa shape index (κ3) is 73.4. The predicted molar refractivity (Wildman–Crippen MR) is 354 cm³/mol. The zero-order valence-electron chi connectivity index (χ0n) is 59.3. The van der Waals surface area contributed by atoms with Crippen molar-refractivity contribution >= 4 is 0 Å². The molecule has 0 fully saturated rings. The first-order valence-electron chi connectivity index (χ1n) is 31.4.